The third-order valence-corrected chi connectivity index (χ3v) is 6.90. The molecule has 3 fully saturated rings. The number of nitrogens with zero attached hydrogens (tertiary/aromatic N) is 1. The van der Waals surface area contributed by atoms with Gasteiger partial charge in [-0.3, -0.25) is 9.59 Å². The fraction of sp³-hybridized carbons (Fsp3) is 0.652. The Morgan fingerprint density at radius 2 is 1.59 bits per heavy atom. The van der Waals surface area contributed by atoms with Crippen LogP contribution in [0, 0.1) is 11.8 Å². The minimum atomic E-state index is 0.0599. The molecule has 146 valence electrons. The molecule has 2 saturated carbocycles. The number of carbonyl (C=O) groups excluding carboxylic acids is 2. The lowest BCUT2D eigenvalue weighted by molar-refractivity contribution is -0.136. The molecular formula is C23H32N2O2. The van der Waals surface area contributed by atoms with E-state index in [1.165, 1.54) is 24.8 Å². The van der Waals surface area contributed by atoms with Gasteiger partial charge in [0.2, 0.25) is 11.8 Å². The Hall–Kier alpha value is -1.84. The van der Waals surface area contributed by atoms with Crippen molar-refractivity contribution in [3.63, 3.8) is 0 Å². The first-order chi connectivity index (χ1) is 13.2. The Bertz CT molecular complexity index is 654. The van der Waals surface area contributed by atoms with E-state index in [-0.39, 0.29) is 23.2 Å². The SMILES string of the molecule is O=C(NCC1(c2ccccc2)CCCCC1)C1CCN(C(=O)C2CC2)CC1. The second-order valence-electron chi connectivity index (χ2n) is 8.80. The third kappa shape index (κ3) is 4.20. The van der Waals surface area contributed by atoms with Gasteiger partial charge in [-0.25, -0.2) is 0 Å². The molecule has 4 rings (SSSR count). The summed E-state index contributed by atoms with van der Waals surface area (Å²) < 4.78 is 0. The van der Waals surface area contributed by atoms with E-state index >= 15 is 0 Å². The van der Waals surface area contributed by atoms with Crippen LogP contribution in [0.4, 0.5) is 0 Å². The lowest BCUT2D eigenvalue weighted by Crippen LogP contribution is -2.47. The summed E-state index contributed by atoms with van der Waals surface area (Å²) in [5.41, 5.74) is 1.47. The fourth-order valence-corrected chi connectivity index (χ4v) is 4.94. The molecule has 1 heterocycles. The lowest BCUT2D eigenvalue weighted by Gasteiger charge is -2.39. The van der Waals surface area contributed by atoms with Crippen LogP contribution in [0.1, 0.15) is 63.4 Å². The fourth-order valence-electron chi connectivity index (χ4n) is 4.94. The predicted octanol–water partition coefficient (Wildman–Crippen LogP) is 3.65. The zero-order valence-corrected chi connectivity index (χ0v) is 16.3. The molecule has 27 heavy (non-hydrogen) atoms. The van der Waals surface area contributed by atoms with Gasteiger partial charge in [-0.15, -0.1) is 0 Å². The van der Waals surface area contributed by atoms with Gasteiger partial charge < -0.3 is 10.2 Å². The maximum atomic E-state index is 12.8. The van der Waals surface area contributed by atoms with Crippen LogP contribution >= 0.6 is 0 Å². The zero-order valence-electron chi connectivity index (χ0n) is 16.3. The second kappa shape index (κ2) is 8.04. The molecular weight excluding hydrogens is 336 g/mol. The topological polar surface area (TPSA) is 49.4 Å². The van der Waals surface area contributed by atoms with E-state index in [1.807, 2.05) is 4.90 Å². The molecule has 1 saturated heterocycles. The summed E-state index contributed by atoms with van der Waals surface area (Å²) in [6.07, 6.45) is 9.83. The Morgan fingerprint density at radius 1 is 0.926 bits per heavy atom. The Balaban J connectivity index is 1.33. The summed E-state index contributed by atoms with van der Waals surface area (Å²) in [5.74, 6) is 0.852. The van der Waals surface area contributed by atoms with Crippen molar-refractivity contribution in [2.75, 3.05) is 19.6 Å². The van der Waals surface area contributed by atoms with E-state index in [0.29, 0.717) is 5.91 Å². The number of piperidine rings is 1. The van der Waals surface area contributed by atoms with Gasteiger partial charge in [0.15, 0.2) is 0 Å². The van der Waals surface area contributed by atoms with Gasteiger partial charge in [-0.05, 0) is 44.1 Å². The molecule has 4 nitrogen and oxygen atoms in total. The normalized spacial score (nSPS) is 23.0. The lowest BCUT2D eigenvalue weighted by atomic mass is 9.69. The van der Waals surface area contributed by atoms with Gasteiger partial charge in [0, 0.05) is 36.9 Å². The smallest absolute Gasteiger partial charge is 0.225 e. The van der Waals surface area contributed by atoms with Crippen molar-refractivity contribution in [1.29, 1.82) is 0 Å². The number of hydrogen-bond donors (Lipinski definition) is 1. The number of nitrogens with one attached hydrogen (secondary N) is 1. The molecule has 2 amide bonds. The van der Waals surface area contributed by atoms with Crippen molar-refractivity contribution in [2.45, 2.75) is 63.2 Å². The number of rotatable bonds is 5. The number of carbonyl (C=O) groups is 2. The van der Waals surface area contributed by atoms with Gasteiger partial charge in [0.05, 0.1) is 0 Å². The van der Waals surface area contributed by atoms with Gasteiger partial charge in [-0.2, -0.15) is 0 Å². The van der Waals surface area contributed by atoms with Crippen molar-refractivity contribution >= 4 is 11.8 Å². The van der Waals surface area contributed by atoms with Crippen LogP contribution in [-0.2, 0) is 15.0 Å². The summed E-state index contributed by atoms with van der Waals surface area (Å²) >= 11 is 0. The third-order valence-electron chi connectivity index (χ3n) is 6.90. The van der Waals surface area contributed by atoms with Crippen LogP contribution in [0.5, 0.6) is 0 Å². The molecule has 4 heteroatoms. The Morgan fingerprint density at radius 3 is 2.22 bits per heavy atom. The number of benzene rings is 1. The van der Waals surface area contributed by atoms with Crippen LogP contribution in [0.15, 0.2) is 30.3 Å². The van der Waals surface area contributed by atoms with Crippen molar-refractivity contribution in [1.82, 2.24) is 10.2 Å². The highest BCUT2D eigenvalue weighted by Crippen LogP contribution is 2.39. The van der Waals surface area contributed by atoms with Crippen LogP contribution in [-0.4, -0.2) is 36.3 Å². The van der Waals surface area contributed by atoms with E-state index in [1.54, 1.807) is 0 Å². The van der Waals surface area contributed by atoms with Crippen LogP contribution in [0.2, 0.25) is 0 Å². The average Bonchev–Trinajstić information content (AvgIpc) is 3.58. The molecule has 3 aliphatic rings. The molecule has 2 aliphatic carbocycles. The molecule has 1 aromatic rings. The molecule has 1 N–H and O–H groups in total. The van der Waals surface area contributed by atoms with Crippen molar-refractivity contribution in [3.8, 4) is 0 Å². The molecule has 1 aromatic carbocycles. The van der Waals surface area contributed by atoms with Crippen molar-refractivity contribution in [2.24, 2.45) is 11.8 Å². The Labute approximate surface area is 162 Å². The molecule has 1 aliphatic heterocycles. The van der Waals surface area contributed by atoms with Crippen LogP contribution in [0.25, 0.3) is 0 Å². The summed E-state index contributed by atoms with van der Waals surface area (Å²) in [7, 11) is 0. The van der Waals surface area contributed by atoms with Crippen LogP contribution in [0.3, 0.4) is 0 Å². The highest BCUT2D eigenvalue weighted by Gasteiger charge is 2.37. The van der Waals surface area contributed by atoms with Crippen molar-refractivity contribution in [3.05, 3.63) is 35.9 Å². The number of hydrogen-bond acceptors (Lipinski definition) is 2. The quantitative estimate of drug-likeness (QED) is 0.862. The van der Waals surface area contributed by atoms with Gasteiger partial charge >= 0.3 is 0 Å². The van der Waals surface area contributed by atoms with E-state index in [9.17, 15) is 9.59 Å². The van der Waals surface area contributed by atoms with E-state index < -0.39 is 0 Å². The largest absolute Gasteiger partial charge is 0.355 e. The van der Waals surface area contributed by atoms with Gasteiger partial charge in [0.1, 0.15) is 0 Å². The average molecular weight is 369 g/mol. The minimum Gasteiger partial charge on any atom is -0.355 e. The minimum absolute atomic E-state index is 0.0599. The van der Waals surface area contributed by atoms with Crippen molar-refractivity contribution < 1.29 is 9.59 Å². The highest BCUT2D eigenvalue weighted by atomic mass is 16.2. The Kier molecular flexibility index (Phi) is 5.51. The maximum Gasteiger partial charge on any atom is 0.225 e. The van der Waals surface area contributed by atoms with Gasteiger partial charge in [0.25, 0.3) is 0 Å². The molecule has 0 aromatic heterocycles. The zero-order chi connectivity index (χ0) is 18.7. The maximum absolute atomic E-state index is 12.8. The molecule has 0 unspecified atom stereocenters. The number of likely N-dealkylation sites (tertiary alicyclic amines) is 1. The first-order valence-corrected chi connectivity index (χ1v) is 10.8. The summed E-state index contributed by atoms with van der Waals surface area (Å²) in [5, 5.41) is 3.30. The van der Waals surface area contributed by atoms with E-state index in [4.69, 9.17) is 0 Å². The monoisotopic (exact) mass is 368 g/mol. The first-order valence-electron chi connectivity index (χ1n) is 10.8. The summed E-state index contributed by atoms with van der Waals surface area (Å²) in [4.78, 5) is 27.0. The second-order valence-corrected chi connectivity index (χ2v) is 8.80. The molecule has 0 radical (unpaired) electrons. The highest BCUT2D eigenvalue weighted by molar-refractivity contribution is 5.82. The summed E-state index contributed by atoms with van der Waals surface area (Å²) in [6, 6.07) is 10.7. The number of amides is 2. The molecule has 0 atom stereocenters. The predicted molar refractivity (Wildman–Crippen MR) is 106 cm³/mol. The van der Waals surface area contributed by atoms with E-state index in [0.717, 1.165) is 58.2 Å². The molecule has 0 bridgehead atoms. The molecule has 0 spiro atoms. The standard InChI is InChI=1S/C23H32N2O2/c26-21(18-11-15-25(16-12-18)22(27)19-9-10-19)24-17-23(13-5-2-6-14-23)20-7-3-1-4-8-20/h1,3-4,7-8,18-19H,2,5-6,9-17H2,(H,24,26). The van der Waals surface area contributed by atoms with E-state index in [2.05, 4.69) is 35.6 Å². The first kappa shape index (κ1) is 18.5. The van der Waals surface area contributed by atoms with Gasteiger partial charge in [-0.1, -0.05) is 49.6 Å². The summed E-state index contributed by atoms with van der Waals surface area (Å²) in [6.45, 7) is 2.24. The van der Waals surface area contributed by atoms with Crippen LogP contribution < -0.4 is 5.32 Å².